The Labute approximate surface area is 128 Å². The fourth-order valence-electron chi connectivity index (χ4n) is 2.71. The average Bonchev–Trinajstić information content (AvgIpc) is 2.97. The molecule has 1 aliphatic carbocycles. The molecule has 110 valence electrons. The molecule has 3 nitrogen and oxygen atoms in total. The van der Waals surface area contributed by atoms with Gasteiger partial charge in [0.2, 0.25) is 0 Å². The highest BCUT2D eigenvalue weighted by Crippen LogP contribution is 2.29. The lowest BCUT2D eigenvalue weighted by Crippen LogP contribution is -2.21. The van der Waals surface area contributed by atoms with Crippen LogP contribution in [0, 0.1) is 0 Å². The van der Waals surface area contributed by atoms with Gasteiger partial charge in [-0.05, 0) is 48.4 Å². The molecule has 1 heterocycles. The van der Waals surface area contributed by atoms with Gasteiger partial charge in [0.25, 0.3) is 5.91 Å². The van der Waals surface area contributed by atoms with E-state index in [-0.39, 0.29) is 12.5 Å². The number of aliphatic hydroxyl groups excluding tert-OH is 1. The number of aryl methyl sites for hydroxylation is 2. The molecule has 0 atom stereocenters. The Morgan fingerprint density at radius 1 is 1.19 bits per heavy atom. The molecule has 21 heavy (non-hydrogen) atoms. The molecule has 2 aromatic rings. The SMILES string of the molecule is O=C(NCc1cccc(CO)c1)c1cc2c(s1)CCCC2. The smallest absolute Gasteiger partial charge is 0.261 e. The van der Waals surface area contributed by atoms with Crippen molar-refractivity contribution in [1.82, 2.24) is 5.32 Å². The van der Waals surface area contributed by atoms with Gasteiger partial charge >= 0.3 is 0 Å². The molecule has 0 unspecified atom stereocenters. The molecule has 1 aliphatic rings. The van der Waals surface area contributed by atoms with Crippen LogP contribution in [0.2, 0.25) is 0 Å². The lowest BCUT2D eigenvalue weighted by Gasteiger charge is -2.08. The van der Waals surface area contributed by atoms with E-state index in [0.29, 0.717) is 6.54 Å². The van der Waals surface area contributed by atoms with E-state index >= 15 is 0 Å². The van der Waals surface area contributed by atoms with Crippen molar-refractivity contribution in [2.75, 3.05) is 0 Å². The van der Waals surface area contributed by atoms with E-state index in [1.165, 1.54) is 23.3 Å². The van der Waals surface area contributed by atoms with Gasteiger partial charge in [0, 0.05) is 11.4 Å². The molecular weight excluding hydrogens is 282 g/mol. The number of nitrogens with one attached hydrogen (secondary N) is 1. The molecule has 1 aromatic heterocycles. The highest BCUT2D eigenvalue weighted by atomic mass is 32.1. The first-order valence-electron chi connectivity index (χ1n) is 7.35. The fraction of sp³-hybridized carbons (Fsp3) is 0.353. The molecule has 3 rings (SSSR count). The van der Waals surface area contributed by atoms with Crippen molar-refractivity contribution in [3.63, 3.8) is 0 Å². The molecule has 0 radical (unpaired) electrons. The first kappa shape index (κ1) is 14.3. The van der Waals surface area contributed by atoms with Gasteiger partial charge in [0.05, 0.1) is 11.5 Å². The molecule has 0 saturated heterocycles. The summed E-state index contributed by atoms with van der Waals surface area (Å²) < 4.78 is 0. The minimum Gasteiger partial charge on any atom is -0.392 e. The number of carbonyl (C=O) groups is 1. The van der Waals surface area contributed by atoms with E-state index in [0.717, 1.165) is 28.8 Å². The Kier molecular flexibility index (Phi) is 4.36. The van der Waals surface area contributed by atoms with Crippen molar-refractivity contribution >= 4 is 17.2 Å². The summed E-state index contributed by atoms with van der Waals surface area (Å²) in [5, 5.41) is 12.1. The van der Waals surface area contributed by atoms with Gasteiger partial charge in [-0.15, -0.1) is 11.3 Å². The number of hydrogen-bond acceptors (Lipinski definition) is 3. The van der Waals surface area contributed by atoms with Gasteiger partial charge in [0.15, 0.2) is 0 Å². The summed E-state index contributed by atoms with van der Waals surface area (Å²) >= 11 is 1.63. The zero-order chi connectivity index (χ0) is 14.7. The van der Waals surface area contributed by atoms with Gasteiger partial charge in [-0.3, -0.25) is 4.79 Å². The number of aliphatic hydroxyl groups is 1. The predicted octanol–water partition coefficient (Wildman–Crippen LogP) is 3.05. The quantitative estimate of drug-likeness (QED) is 0.912. The van der Waals surface area contributed by atoms with Gasteiger partial charge < -0.3 is 10.4 Å². The van der Waals surface area contributed by atoms with Crippen LogP contribution in [-0.2, 0) is 26.0 Å². The largest absolute Gasteiger partial charge is 0.392 e. The van der Waals surface area contributed by atoms with Crippen LogP contribution >= 0.6 is 11.3 Å². The molecule has 1 amide bonds. The second-order valence-electron chi connectivity index (χ2n) is 5.43. The van der Waals surface area contributed by atoms with Crippen molar-refractivity contribution in [3.05, 3.63) is 56.8 Å². The molecular formula is C17H19NO2S. The van der Waals surface area contributed by atoms with Crippen molar-refractivity contribution in [1.29, 1.82) is 0 Å². The third kappa shape index (κ3) is 3.34. The second-order valence-corrected chi connectivity index (χ2v) is 6.56. The second kappa shape index (κ2) is 6.41. The van der Waals surface area contributed by atoms with Crippen LogP contribution in [0.1, 0.15) is 44.1 Å². The van der Waals surface area contributed by atoms with E-state index in [9.17, 15) is 4.79 Å². The van der Waals surface area contributed by atoms with E-state index in [4.69, 9.17) is 5.11 Å². The summed E-state index contributed by atoms with van der Waals surface area (Å²) in [6.45, 7) is 0.522. The minimum absolute atomic E-state index is 0.00352. The summed E-state index contributed by atoms with van der Waals surface area (Å²) in [5.74, 6) is 0.00352. The van der Waals surface area contributed by atoms with Crippen LogP contribution in [0.25, 0.3) is 0 Å². The summed E-state index contributed by atoms with van der Waals surface area (Å²) in [6, 6.07) is 9.70. The summed E-state index contributed by atoms with van der Waals surface area (Å²) in [6.07, 6.45) is 4.70. The summed E-state index contributed by atoms with van der Waals surface area (Å²) in [4.78, 5) is 14.4. The topological polar surface area (TPSA) is 49.3 Å². The van der Waals surface area contributed by atoms with Crippen LogP contribution in [0.3, 0.4) is 0 Å². The van der Waals surface area contributed by atoms with Gasteiger partial charge in [-0.1, -0.05) is 24.3 Å². The Morgan fingerprint density at radius 2 is 2.00 bits per heavy atom. The maximum absolute atomic E-state index is 12.2. The van der Waals surface area contributed by atoms with E-state index < -0.39 is 0 Å². The Morgan fingerprint density at radius 3 is 2.81 bits per heavy atom. The zero-order valence-electron chi connectivity index (χ0n) is 11.9. The minimum atomic E-state index is 0.00352. The zero-order valence-corrected chi connectivity index (χ0v) is 12.7. The Bertz CT molecular complexity index is 624. The Balaban J connectivity index is 1.64. The first-order valence-corrected chi connectivity index (χ1v) is 8.16. The monoisotopic (exact) mass is 301 g/mol. The fourth-order valence-corrected chi connectivity index (χ4v) is 3.88. The number of benzene rings is 1. The molecule has 0 aliphatic heterocycles. The van der Waals surface area contributed by atoms with Crippen LogP contribution in [-0.4, -0.2) is 11.0 Å². The lowest BCUT2D eigenvalue weighted by molar-refractivity contribution is 0.0955. The molecule has 0 saturated carbocycles. The molecule has 0 spiro atoms. The van der Waals surface area contributed by atoms with Crippen molar-refractivity contribution in [2.45, 2.75) is 38.8 Å². The van der Waals surface area contributed by atoms with Gasteiger partial charge in [-0.25, -0.2) is 0 Å². The van der Waals surface area contributed by atoms with Gasteiger partial charge in [0.1, 0.15) is 0 Å². The maximum Gasteiger partial charge on any atom is 0.261 e. The number of hydrogen-bond donors (Lipinski definition) is 2. The van der Waals surface area contributed by atoms with Crippen LogP contribution in [0.4, 0.5) is 0 Å². The molecule has 2 N–H and O–H groups in total. The van der Waals surface area contributed by atoms with Crippen molar-refractivity contribution in [3.8, 4) is 0 Å². The molecule has 1 aromatic carbocycles. The predicted molar refractivity (Wildman–Crippen MR) is 84.5 cm³/mol. The maximum atomic E-state index is 12.2. The molecule has 0 fully saturated rings. The van der Waals surface area contributed by atoms with Crippen LogP contribution in [0.15, 0.2) is 30.3 Å². The molecule has 0 bridgehead atoms. The number of rotatable bonds is 4. The highest BCUT2D eigenvalue weighted by molar-refractivity contribution is 7.14. The number of amides is 1. The van der Waals surface area contributed by atoms with Crippen LogP contribution < -0.4 is 5.32 Å². The standard InChI is InChI=1S/C17H19NO2S/c19-11-13-5-3-4-12(8-13)10-18-17(20)16-9-14-6-1-2-7-15(14)21-16/h3-5,8-9,19H,1-2,6-7,10-11H2,(H,18,20). The Hall–Kier alpha value is -1.65. The highest BCUT2D eigenvalue weighted by Gasteiger charge is 2.16. The third-order valence-corrected chi connectivity index (χ3v) is 5.08. The third-order valence-electron chi connectivity index (χ3n) is 3.85. The molecule has 4 heteroatoms. The van der Waals surface area contributed by atoms with Crippen LogP contribution in [0.5, 0.6) is 0 Å². The first-order chi connectivity index (χ1) is 10.3. The number of thiophene rings is 1. The van der Waals surface area contributed by atoms with E-state index in [1.807, 2.05) is 24.3 Å². The average molecular weight is 301 g/mol. The van der Waals surface area contributed by atoms with E-state index in [2.05, 4.69) is 11.4 Å². The summed E-state index contributed by atoms with van der Waals surface area (Å²) in [7, 11) is 0. The van der Waals surface area contributed by atoms with E-state index in [1.54, 1.807) is 11.3 Å². The number of carbonyl (C=O) groups excluding carboxylic acids is 1. The normalized spacial score (nSPS) is 13.8. The lowest BCUT2D eigenvalue weighted by atomic mass is 9.99. The van der Waals surface area contributed by atoms with Gasteiger partial charge in [-0.2, -0.15) is 0 Å². The van der Waals surface area contributed by atoms with Crippen molar-refractivity contribution < 1.29 is 9.90 Å². The van der Waals surface area contributed by atoms with Crippen molar-refractivity contribution in [2.24, 2.45) is 0 Å². The summed E-state index contributed by atoms with van der Waals surface area (Å²) in [5.41, 5.74) is 3.24. The number of fused-ring (bicyclic) bond motifs is 1.